The van der Waals surface area contributed by atoms with Crippen LogP contribution in [0.1, 0.15) is 6.92 Å². The summed E-state index contributed by atoms with van der Waals surface area (Å²) in [4.78, 5) is 11.7. The van der Waals surface area contributed by atoms with Gasteiger partial charge in [0.15, 0.2) is 22.8 Å². The molecule has 1 amide bonds. The molecule has 5 nitrogen and oxygen atoms in total. The Morgan fingerprint density at radius 1 is 1.48 bits per heavy atom. The molecule has 0 heterocycles. The molecule has 0 spiro atoms. The van der Waals surface area contributed by atoms with Gasteiger partial charge in [0.1, 0.15) is 5.82 Å². The first-order valence-electron chi connectivity index (χ1n) is 6.00. The predicted molar refractivity (Wildman–Crippen MR) is 78.5 cm³/mol. The van der Waals surface area contributed by atoms with E-state index in [2.05, 4.69) is 22.7 Å². The highest BCUT2D eigenvalue weighted by Crippen LogP contribution is 2.18. The van der Waals surface area contributed by atoms with Crippen molar-refractivity contribution >= 4 is 23.2 Å². The van der Waals surface area contributed by atoms with Gasteiger partial charge in [-0.3, -0.25) is 15.6 Å². The first-order chi connectivity index (χ1) is 9.93. The Bertz CT molecular complexity index is 540. The topological polar surface area (TPSA) is 62.4 Å². The van der Waals surface area contributed by atoms with Crippen molar-refractivity contribution in [3.05, 3.63) is 42.5 Å². The third-order valence-corrected chi connectivity index (χ3v) is 2.52. The highest BCUT2D eigenvalue weighted by atomic mass is 32.1. The Morgan fingerprint density at radius 2 is 2.19 bits per heavy atom. The van der Waals surface area contributed by atoms with Crippen molar-refractivity contribution in [1.82, 2.24) is 16.2 Å². The van der Waals surface area contributed by atoms with Gasteiger partial charge in [-0.05, 0) is 31.3 Å². The van der Waals surface area contributed by atoms with Crippen LogP contribution in [-0.4, -0.2) is 23.7 Å². The van der Waals surface area contributed by atoms with Gasteiger partial charge in [0.05, 0.1) is 0 Å². The lowest BCUT2D eigenvalue weighted by atomic mass is 10.3. The van der Waals surface area contributed by atoms with Crippen LogP contribution >= 0.6 is 12.2 Å². The van der Waals surface area contributed by atoms with Crippen LogP contribution in [-0.2, 0) is 4.79 Å². The van der Waals surface area contributed by atoms with Crippen molar-refractivity contribution in [3.8, 4) is 5.75 Å². The van der Waals surface area contributed by atoms with E-state index in [1.165, 1.54) is 6.92 Å². The normalized spacial score (nSPS) is 11.2. The van der Waals surface area contributed by atoms with Crippen LogP contribution in [0.25, 0.3) is 0 Å². The van der Waals surface area contributed by atoms with E-state index in [9.17, 15) is 13.6 Å². The molecule has 0 aromatic heterocycles. The average molecular weight is 315 g/mol. The molecule has 0 bridgehead atoms. The molecule has 0 radical (unpaired) electrons. The molecule has 0 fully saturated rings. The number of carbonyl (C=O) groups excluding carboxylic acids is 1. The second-order valence-corrected chi connectivity index (χ2v) is 4.36. The van der Waals surface area contributed by atoms with E-state index in [1.54, 1.807) is 6.08 Å². The maximum atomic E-state index is 13.4. The number of ether oxygens (including phenoxy) is 1. The molecular formula is C13H15F2N3O2S. The van der Waals surface area contributed by atoms with Crippen molar-refractivity contribution in [2.75, 3.05) is 6.54 Å². The van der Waals surface area contributed by atoms with Crippen molar-refractivity contribution in [2.45, 2.75) is 13.0 Å². The van der Waals surface area contributed by atoms with Gasteiger partial charge in [-0.25, -0.2) is 8.78 Å². The monoisotopic (exact) mass is 315 g/mol. The molecule has 1 aromatic carbocycles. The Hall–Kier alpha value is -2.22. The molecule has 1 atom stereocenters. The third kappa shape index (κ3) is 5.74. The summed E-state index contributed by atoms with van der Waals surface area (Å²) >= 11 is 4.86. The van der Waals surface area contributed by atoms with Crippen molar-refractivity contribution in [2.24, 2.45) is 0 Å². The lowest BCUT2D eigenvalue weighted by molar-refractivity contribution is -0.127. The Kier molecular flexibility index (Phi) is 6.54. The standard InChI is InChI=1S/C13H15F2N3O2S/c1-3-6-16-13(21)18-17-12(19)8(2)20-11-5-4-9(14)7-10(11)15/h3-5,7-8H,1,6H2,2H3,(H,17,19)(H2,16,18,21). The number of thiocarbonyl (C=S) groups is 1. The number of amides is 1. The van der Waals surface area contributed by atoms with Crippen LogP contribution in [0.15, 0.2) is 30.9 Å². The molecule has 3 N–H and O–H groups in total. The molecule has 0 saturated carbocycles. The van der Waals surface area contributed by atoms with E-state index in [1.807, 2.05) is 0 Å². The van der Waals surface area contributed by atoms with Gasteiger partial charge in [0.25, 0.3) is 5.91 Å². The number of hydrogen-bond donors (Lipinski definition) is 3. The zero-order chi connectivity index (χ0) is 15.8. The number of hydrazine groups is 1. The lowest BCUT2D eigenvalue weighted by Gasteiger charge is -2.16. The van der Waals surface area contributed by atoms with E-state index < -0.39 is 23.6 Å². The smallest absolute Gasteiger partial charge is 0.279 e. The number of rotatable bonds is 5. The summed E-state index contributed by atoms with van der Waals surface area (Å²) in [6, 6.07) is 2.82. The lowest BCUT2D eigenvalue weighted by Crippen LogP contribution is -2.50. The van der Waals surface area contributed by atoms with Gasteiger partial charge in [0.2, 0.25) is 0 Å². The number of benzene rings is 1. The van der Waals surface area contributed by atoms with Gasteiger partial charge >= 0.3 is 0 Å². The third-order valence-electron chi connectivity index (χ3n) is 2.27. The number of halogens is 2. The minimum absolute atomic E-state index is 0.198. The van der Waals surface area contributed by atoms with Crippen LogP contribution in [0.5, 0.6) is 5.75 Å². The first-order valence-corrected chi connectivity index (χ1v) is 6.41. The van der Waals surface area contributed by atoms with E-state index >= 15 is 0 Å². The van der Waals surface area contributed by atoms with Crippen molar-refractivity contribution in [3.63, 3.8) is 0 Å². The zero-order valence-electron chi connectivity index (χ0n) is 11.3. The van der Waals surface area contributed by atoms with Gasteiger partial charge < -0.3 is 10.1 Å². The summed E-state index contributed by atoms with van der Waals surface area (Å²) in [6.45, 7) is 5.35. The Balaban J connectivity index is 2.47. The minimum Gasteiger partial charge on any atom is -0.478 e. The summed E-state index contributed by atoms with van der Waals surface area (Å²) < 4.78 is 31.2. The number of hydrogen-bond acceptors (Lipinski definition) is 3. The summed E-state index contributed by atoms with van der Waals surface area (Å²) in [5, 5.41) is 2.93. The maximum absolute atomic E-state index is 13.4. The first kappa shape index (κ1) is 16.8. The summed E-state index contributed by atoms with van der Waals surface area (Å²) in [6.07, 6.45) is 0.596. The van der Waals surface area contributed by atoms with E-state index in [4.69, 9.17) is 17.0 Å². The molecule has 114 valence electrons. The van der Waals surface area contributed by atoms with Crippen LogP contribution in [0.3, 0.4) is 0 Å². The van der Waals surface area contributed by atoms with Crippen LogP contribution in [0.2, 0.25) is 0 Å². The quantitative estimate of drug-likeness (QED) is 0.436. The zero-order valence-corrected chi connectivity index (χ0v) is 12.1. The fourth-order valence-electron chi connectivity index (χ4n) is 1.24. The average Bonchev–Trinajstić information content (AvgIpc) is 2.45. The molecule has 0 aliphatic rings. The van der Waals surface area contributed by atoms with Crippen LogP contribution in [0, 0.1) is 11.6 Å². The van der Waals surface area contributed by atoms with Crippen LogP contribution < -0.4 is 20.9 Å². The molecule has 8 heteroatoms. The van der Waals surface area contributed by atoms with Gasteiger partial charge in [-0.2, -0.15) is 0 Å². The Labute approximate surface area is 126 Å². The fraction of sp³-hybridized carbons (Fsp3) is 0.231. The summed E-state index contributed by atoms with van der Waals surface area (Å²) in [5.41, 5.74) is 4.74. The second-order valence-electron chi connectivity index (χ2n) is 3.95. The fourth-order valence-corrected chi connectivity index (χ4v) is 1.38. The summed E-state index contributed by atoms with van der Waals surface area (Å²) in [5.74, 6) is -2.39. The van der Waals surface area contributed by atoms with Gasteiger partial charge in [-0.1, -0.05) is 6.08 Å². The highest BCUT2D eigenvalue weighted by molar-refractivity contribution is 7.80. The molecule has 0 aliphatic carbocycles. The largest absolute Gasteiger partial charge is 0.478 e. The maximum Gasteiger partial charge on any atom is 0.279 e. The number of nitrogens with one attached hydrogen (secondary N) is 3. The van der Waals surface area contributed by atoms with E-state index in [0.29, 0.717) is 12.6 Å². The van der Waals surface area contributed by atoms with Gasteiger partial charge in [0, 0.05) is 12.6 Å². The molecule has 21 heavy (non-hydrogen) atoms. The second kappa shape index (κ2) is 8.15. The van der Waals surface area contributed by atoms with E-state index in [-0.39, 0.29) is 10.9 Å². The SMILES string of the molecule is C=CCNC(=S)NNC(=O)C(C)Oc1ccc(F)cc1F. The number of carbonyl (C=O) groups is 1. The molecule has 1 rings (SSSR count). The van der Waals surface area contributed by atoms with Crippen LogP contribution in [0.4, 0.5) is 8.78 Å². The Morgan fingerprint density at radius 3 is 2.81 bits per heavy atom. The molecular weight excluding hydrogens is 300 g/mol. The van der Waals surface area contributed by atoms with Crippen molar-refractivity contribution < 1.29 is 18.3 Å². The summed E-state index contributed by atoms with van der Waals surface area (Å²) in [7, 11) is 0. The van der Waals surface area contributed by atoms with Crippen molar-refractivity contribution in [1.29, 1.82) is 0 Å². The molecule has 1 aromatic rings. The molecule has 0 aliphatic heterocycles. The molecule has 0 saturated heterocycles. The predicted octanol–water partition coefficient (Wildman–Crippen LogP) is 1.41. The van der Waals surface area contributed by atoms with Gasteiger partial charge in [-0.15, -0.1) is 6.58 Å². The molecule has 1 unspecified atom stereocenters. The van der Waals surface area contributed by atoms with E-state index in [0.717, 1.165) is 12.1 Å². The minimum atomic E-state index is -1.00. The highest BCUT2D eigenvalue weighted by Gasteiger charge is 2.17.